The average molecular weight is 261 g/mol. The monoisotopic (exact) mass is 261 g/mol. The molecular formula is C15H23N3O. The van der Waals surface area contributed by atoms with E-state index in [0.717, 1.165) is 31.6 Å². The van der Waals surface area contributed by atoms with Crippen LogP contribution in [0.3, 0.4) is 0 Å². The number of aromatic nitrogens is 1. The van der Waals surface area contributed by atoms with Crippen LogP contribution in [0.15, 0.2) is 18.3 Å². The second kappa shape index (κ2) is 5.70. The first-order valence-electron chi connectivity index (χ1n) is 6.96. The van der Waals surface area contributed by atoms with Crippen LogP contribution < -0.4 is 5.73 Å². The van der Waals surface area contributed by atoms with Gasteiger partial charge in [-0.05, 0) is 36.8 Å². The van der Waals surface area contributed by atoms with Crippen LogP contribution in [-0.4, -0.2) is 28.9 Å². The molecule has 0 aliphatic carbocycles. The van der Waals surface area contributed by atoms with E-state index in [9.17, 15) is 4.79 Å². The Kier molecular flexibility index (Phi) is 4.20. The maximum atomic E-state index is 12.5. The lowest BCUT2D eigenvalue weighted by atomic mass is 9.85. The van der Waals surface area contributed by atoms with Crippen LogP contribution in [0.2, 0.25) is 0 Å². The van der Waals surface area contributed by atoms with Gasteiger partial charge in [-0.25, -0.2) is 0 Å². The lowest BCUT2D eigenvalue weighted by Crippen LogP contribution is -2.32. The van der Waals surface area contributed by atoms with E-state index in [2.05, 4.69) is 18.8 Å². The summed E-state index contributed by atoms with van der Waals surface area (Å²) < 4.78 is 0. The standard InChI is InChI=1S/C15H23N3O/c1-15(2)5-3-8-18(9-6-15)14(19)12-4-7-17-13(10-12)11-16/h4,7,10H,3,5-6,8-9,11,16H2,1-2H3. The van der Waals surface area contributed by atoms with Crippen molar-refractivity contribution in [1.82, 2.24) is 9.88 Å². The van der Waals surface area contributed by atoms with Gasteiger partial charge < -0.3 is 10.6 Å². The molecule has 1 aromatic heterocycles. The molecule has 0 unspecified atom stereocenters. The third-order valence-corrected chi connectivity index (χ3v) is 3.90. The van der Waals surface area contributed by atoms with Crippen LogP contribution >= 0.6 is 0 Å². The fourth-order valence-corrected chi connectivity index (χ4v) is 2.53. The second-order valence-electron chi connectivity index (χ2n) is 6.05. The molecule has 1 aliphatic heterocycles. The number of rotatable bonds is 2. The SMILES string of the molecule is CC1(C)CCCN(C(=O)c2ccnc(CN)c2)CC1. The van der Waals surface area contributed by atoms with Crippen molar-refractivity contribution in [3.8, 4) is 0 Å². The Balaban J connectivity index is 2.10. The first-order chi connectivity index (χ1) is 9.02. The first kappa shape index (κ1) is 14.0. The van der Waals surface area contributed by atoms with E-state index in [1.54, 1.807) is 18.3 Å². The van der Waals surface area contributed by atoms with Crippen LogP contribution in [0.4, 0.5) is 0 Å². The Morgan fingerprint density at radius 2 is 2.21 bits per heavy atom. The quantitative estimate of drug-likeness (QED) is 0.887. The summed E-state index contributed by atoms with van der Waals surface area (Å²) in [6, 6.07) is 3.58. The molecule has 4 nitrogen and oxygen atoms in total. The predicted octanol–water partition coefficient (Wildman–Crippen LogP) is 2.19. The summed E-state index contributed by atoms with van der Waals surface area (Å²) >= 11 is 0. The van der Waals surface area contributed by atoms with Crippen LogP contribution in [0.5, 0.6) is 0 Å². The maximum absolute atomic E-state index is 12.5. The molecule has 0 bridgehead atoms. The van der Waals surface area contributed by atoms with E-state index >= 15 is 0 Å². The highest BCUT2D eigenvalue weighted by Crippen LogP contribution is 2.30. The predicted molar refractivity (Wildman–Crippen MR) is 75.7 cm³/mol. The van der Waals surface area contributed by atoms with Crippen LogP contribution in [0, 0.1) is 5.41 Å². The summed E-state index contributed by atoms with van der Waals surface area (Å²) in [4.78, 5) is 18.6. The van der Waals surface area contributed by atoms with Gasteiger partial charge in [-0.2, -0.15) is 0 Å². The fraction of sp³-hybridized carbons (Fsp3) is 0.600. The van der Waals surface area contributed by atoms with Crippen molar-refractivity contribution < 1.29 is 4.79 Å². The van der Waals surface area contributed by atoms with Gasteiger partial charge in [-0.15, -0.1) is 0 Å². The van der Waals surface area contributed by atoms with Crippen LogP contribution in [0.25, 0.3) is 0 Å². The van der Waals surface area contributed by atoms with Crippen molar-refractivity contribution in [2.75, 3.05) is 13.1 Å². The number of hydrogen-bond acceptors (Lipinski definition) is 3. The molecular weight excluding hydrogens is 238 g/mol. The van der Waals surface area contributed by atoms with E-state index in [0.29, 0.717) is 17.5 Å². The third kappa shape index (κ3) is 3.53. The average Bonchev–Trinajstić information content (AvgIpc) is 2.59. The van der Waals surface area contributed by atoms with Gasteiger partial charge in [0.2, 0.25) is 0 Å². The number of amides is 1. The smallest absolute Gasteiger partial charge is 0.253 e. The van der Waals surface area contributed by atoms with Crippen LogP contribution in [0.1, 0.15) is 49.2 Å². The lowest BCUT2D eigenvalue weighted by molar-refractivity contribution is 0.0757. The van der Waals surface area contributed by atoms with Crippen molar-refractivity contribution in [1.29, 1.82) is 0 Å². The summed E-state index contributed by atoms with van der Waals surface area (Å²) in [6.45, 7) is 6.61. The zero-order valence-electron chi connectivity index (χ0n) is 11.9. The van der Waals surface area contributed by atoms with Gasteiger partial charge in [0.05, 0.1) is 5.69 Å². The normalized spacial score (nSPS) is 19.0. The first-order valence-corrected chi connectivity index (χ1v) is 6.96. The lowest BCUT2D eigenvalue weighted by Gasteiger charge is -2.23. The molecule has 1 aliphatic rings. The minimum Gasteiger partial charge on any atom is -0.339 e. The van der Waals surface area contributed by atoms with Gasteiger partial charge in [-0.3, -0.25) is 9.78 Å². The Bertz CT molecular complexity index is 456. The molecule has 2 heterocycles. The number of carbonyl (C=O) groups is 1. The highest BCUT2D eigenvalue weighted by Gasteiger charge is 2.25. The third-order valence-electron chi connectivity index (χ3n) is 3.90. The molecule has 0 atom stereocenters. The number of hydrogen-bond donors (Lipinski definition) is 1. The molecule has 0 radical (unpaired) electrons. The van der Waals surface area contributed by atoms with Gasteiger partial charge >= 0.3 is 0 Å². The minimum atomic E-state index is 0.106. The molecule has 19 heavy (non-hydrogen) atoms. The number of nitrogens with zero attached hydrogens (tertiary/aromatic N) is 2. The van der Waals surface area contributed by atoms with Gasteiger partial charge in [0.1, 0.15) is 0 Å². The molecule has 0 saturated carbocycles. The Hall–Kier alpha value is -1.42. The maximum Gasteiger partial charge on any atom is 0.253 e. The largest absolute Gasteiger partial charge is 0.339 e. The van der Waals surface area contributed by atoms with Crippen molar-refractivity contribution in [3.63, 3.8) is 0 Å². The van der Waals surface area contributed by atoms with Gasteiger partial charge in [0.25, 0.3) is 5.91 Å². The zero-order chi connectivity index (χ0) is 13.9. The fourth-order valence-electron chi connectivity index (χ4n) is 2.53. The molecule has 0 aromatic carbocycles. The second-order valence-corrected chi connectivity index (χ2v) is 6.05. The molecule has 1 aromatic rings. The highest BCUT2D eigenvalue weighted by atomic mass is 16.2. The summed E-state index contributed by atoms with van der Waals surface area (Å²) in [5, 5.41) is 0. The van der Waals surface area contributed by atoms with Crippen molar-refractivity contribution >= 4 is 5.91 Å². The summed E-state index contributed by atoms with van der Waals surface area (Å²) in [7, 11) is 0. The van der Waals surface area contributed by atoms with Crippen LogP contribution in [-0.2, 0) is 6.54 Å². The van der Waals surface area contributed by atoms with E-state index in [1.165, 1.54) is 6.42 Å². The Morgan fingerprint density at radius 3 is 2.95 bits per heavy atom. The Morgan fingerprint density at radius 1 is 1.42 bits per heavy atom. The van der Waals surface area contributed by atoms with E-state index < -0.39 is 0 Å². The van der Waals surface area contributed by atoms with E-state index in [1.807, 2.05) is 4.90 Å². The van der Waals surface area contributed by atoms with Gasteiger partial charge in [-0.1, -0.05) is 13.8 Å². The molecule has 4 heteroatoms. The summed E-state index contributed by atoms with van der Waals surface area (Å²) in [5.41, 5.74) is 7.38. The molecule has 0 spiro atoms. The molecule has 1 fully saturated rings. The molecule has 1 amide bonds. The summed E-state index contributed by atoms with van der Waals surface area (Å²) in [5.74, 6) is 0.106. The number of nitrogens with two attached hydrogens (primary N) is 1. The van der Waals surface area contributed by atoms with E-state index in [4.69, 9.17) is 5.73 Å². The summed E-state index contributed by atoms with van der Waals surface area (Å²) in [6.07, 6.45) is 4.99. The number of pyridine rings is 1. The van der Waals surface area contributed by atoms with E-state index in [-0.39, 0.29) is 5.91 Å². The topological polar surface area (TPSA) is 59.2 Å². The Labute approximate surface area is 115 Å². The van der Waals surface area contributed by atoms with Crippen molar-refractivity contribution in [2.24, 2.45) is 11.1 Å². The molecule has 1 saturated heterocycles. The highest BCUT2D eigenvalue weighted by molar-refractivity contribution is 5.94. The van der Waals surface area contributed by atoms with Gasteiger partial charge in [0.15, 0.2) is 0 Å². The minimum absolute atomic E-state index is 0.106. The number of likely N-dealkylation sites (tertiary alicyclic amines) is 1. The van der Waals surface area contributed by atoms with Gasteiger partial charge in [0, 0.05) is 31.4 Å². The van der Waals surface area contributed by atoms with Crippen molar-refractivity contribution in [2.45, 2.75) is 39.7 Å². The molecule has 2 rings (SSSR count). The van der Waals surface area contributed by atoms with Crippen molar-refractivity contribution in [3.05, 3.63) is 29.6 Å². The zero-order valence-corrected chi connectivity index (χ0v) is 11.9. The molecule has 104 valence electrons. The molecule has 2 N–H and O–H groups in total. The number of carbonyl (C=O) groups excluding carboxylic acids is 1.